The van der Waals surface area contributed by atoms with Crippen LogP contribution in [0.4, 0.5) is 5.69 Å². The number of halogens is 2. The molecule has 6 heteroatoms. The second-order valence-corrected chi connectivity index (χ2v) is 5.09. The van der Waals surface area contributed by atoms with Crippen molar-refractivity contribution in [1.82, 2.24) is 4.98 Å². The molecule has 1 aromatic heterocycles. The Kier molecular flexibility index (Phi) is 5.84. The van der Waals surface area contributed by atoms with E-state index in [1.807, 2.05) is 12.1 Å². The summed E-state index contributed by atoms with van der Waals surface area (Å²) in [6.45, 7) is 0.427. The molecule has 0 aliphatic carbocycles. The van der Waals surface area contributed by atoms with E-state index in [0.717, 1.165) is 0 Å². The van der Waals surface area contributed by atoms with Crippen LogP contribution in [0.25, 0.3) is 0 Å². The Labute approximate surface area is 133 Å². The number of pyridine rings is 1. The van der Waals surface area contributed by atoms with Gasteiger partial charge >= 0.3 is 0 Å². The molecule has 1 N–H and O–H groups in total. The van der Waals surface area contributed by atoms with Crippen LogP contribution < -0.4 is 10.1 Å². The molecule has 4 nitrogen and oxygen atoms in total. The summed E-state index contributed by atoms with van der Waals surface area (Å²) >= 11 is 11.6. The zero-order valence-corrected chi connectivity index (χ0v) is 12.7. The van der Waals surface area contributed by atoms with Crippen LogP contribution in [0.2, 0.25) is 10.2 Å². The molecular formula is C15H14Cl2N2O2. The molecule has 0 fully saturated rings. The van der Waals surface area contributed by atoms with Gasteiger partial charge in [0.25, 0.3) is 0 Å². The summed E-state index contributed by atoms with van der Waals surface area (Å²) in [4.78, 5) is 15.6. The van der Waals surface area contributed by atoms with Gasteiger partial charge in [0, 0.05) is 6.42 Å². The van der Waals surface area contributed by atoms with Gasteiger partial charge in [-0.15, -0.1) is 0 Å². The van der Waals surface area contributed by atoms with Crippen LogP contribution in [0.15, 0.2) is 42.6 Å². The van der Waals surface area contributed by atoms with Crippen LogP contribution in [0.3, 0.4) is 0 Å². The quantitative estimate of drug-likeness (QED) is 0.640. The lowest BCUT2D eigenvalue weighted by Gasteiger charge is -2.08. The van der Waals surface area contributed by atoms with Crippen LogP contribution in [0.1, 0.15) is 12.8 Å². The predicted molar refractivity (Wildman–Crippen MR) is 84.1 cm³/mol. The van der Waals surface area contributed by atoms with Crippen molar-refractivity contribution in [1.29, 1.82) is 0 Å². The van der Waals surface area contributed by atoms with E-state index in [4.69, 9.17) is 27.9 Å². The number of hydrogen-bond donors (Lipinski definition) is 1. The molecule has 0 atom stereocenters. The topological polar surface area (TPSA) is 51.2 Å². The highest BCUT2D eigenvalue weighted by molar-refractivity contribution is 6.32. The summed E-state index contributed by atoms with van der Waals surface area (Å²) in [6.07, 6.45) is 2.46. The molecule has 0 aliphatic rings. The van der Waals surface area contributed by atoms with E-state index < -0.39 is 0 Å². The first kappa shape index (κ1) is 15.6. The third-order valence-electron chi connectivity index (χ3n) is 2.65. The van der Waals surface area contributed by atoms with Gasteiger partial charge < -0.3 is 10.1 Å². The number of carbonyl (C=O) groups is 1. The fourth-order valence-corrected chi connectivity index (χ4v) is 1.95. The van der Waals surface area contributed by atoms with Crippen LogP contribution >= 0.6 is 23.2 Å². The number of amides is 1. The summed E-state index contributed by atoms with van der Waals surface area (Å²) in [5.41, 5.74) is 0.622. The molecule has 0 bridgehead atoms. The van der Waals surface area contributed by atoms with E-state index in [2.05, 4.69) is 10.3 Å². The van der Waals surface area contributed by atoms with E-state index in [9.17, 15) is 4.79 Å². The Morgan fingerprint density at radius 2 is 2.00 bits per heavy atom. The first-order chi connectivity index (χ1) is 10.1. The number of nitrogens with one attached hydrogen (secondary N) is 1. The number of para-hydroxylation sites is 1. The fraction of sp³-hybridized carbons (Fsp3) is 0.200. The van der Waals surface area contributed by atoms with Gasteiger partial charge in [-0.1, -0.05) is 35.3 Å². The van der Waals surface area contributed by atoms with Gasteiger partial charge in [0.05, 0.1) is 23.5 Å². The summed E-state index contributed by atoms with van der Waals surface area (Å²) < 4.78 is 5.51. The molecule has 2 rings (SSSR count). The van der Waals surface area contributed by atoms with Crippen molar-refractivity contribution in [3.63, 3.8) is 0 Å². The van der Waals surface area contributed by atoms with Crippen LogP contribution in [0.5, 0.6) is 5.75 Å². The predicted octanol–water partition coefficient (Wildman–Crippen LogP) is 4.19. The van der Waals surface area contributed by atoms with Crippen molar-refractivity contribution in [2.75, 3.05) is 11.9 Å². The summed E-state index contributed by atoms with van der Waals surface area (Å²) in [6, 6.07) is 10.6. The molecule has 0 saturated heterocycles. The maximum absolute atomic E-state index is 11.7. The number of hydrogen-bond acceptors (Lipinski definition) is 3. The number of ether oxygens (including phenoxy) is 1. The van der Waals surface area contributed by atoms with Gasteiger partial charge in [0.15, 0.2) is 0 Å². The van der Waals surface area contributed by atoms with Gasteiger partial charge in [-0.05, 0) is 30.7 Å². The minimum Gasteiger partial charge on any atom is -0.492 e. The second kappa shape index (κ2) is 7.86. The number of carbonyl (C=O) groups excluding carboxylic acids is 1. The molecule has 0 saturated carbocycles. The molecule has 0 radical (unpaired) electrons. The molecule has 0 aliphatic heterocycles. The molecule has 1 amide bonds. The Bertz CT molecular complexity index is 603. The molecule has 0 spiro atoms. The molecule has 110 valence electrons. The van der Waals surface area contributed by atoms with Crippen molar-refractivity contribution in [2.45, 2.75) is 12.8 Å². The molecule has 2 aromatic rings. The Hall–Kier alpha value is -1.78. The van der Waals surface area contributed by atoms with Crippen molar-refractivity contribution in [3.8, 4) is 5.75 Å². The van der Waals surface area contributed by atoms with Crippen molar-refractivity contribution >= 4 is 34.8 Å². The normalized spacial score (nSPS) is 10.2. The van der Waals surface area contributed by atoms with Crippen molar-refractivity contribution in [2.24, 2.45) is 0 Å². The first-order valence-electron chi connectivity index (χ1n) is 6.44. The van der Waals surface area contributed by atoms with E-state index in [0.29, 0.717) is 41.1 Å². The number of nitrogens with zero attached hydrogens (tertiary/aromatic N) is 1. The number of aromatic nitrogens is 1. The Morgan fingerprint density at radius 3 is 2.71 bits per heavy atom. The van der Waals surface area contributed by atoms with E-state index in [1.165, 1.54) is 6.20 Å². The van der Waals surface area contributed by atoms with Crippen molar-refractivity contribution in [3.05, 3.63) is 52.8 Å². The summed E-state index contributed by atoms with van der Waals surface area (Å²) in [5, 5.41) is 3.69. The molecule has 1 aromatic carbocycles. The van der Waals surface area contributed by atoms with E-state index in [-0.39, 0.29) is 5.91 Å². The lowest BCUT2D eigenvalue weighted by molar-refractivity contribution is -0.116. The first-order valence-corrected chi connectivity index (χ1v) is 7.19. The summed E-state index contributed by atoms with van der Waals surface area (Å²) in [5.74, 6) is 0.531. The number of rotatable bonds is 6. The molecule has 0 unspecified atom stereocenters. The van der Waals surface area contributed by atoms with Crippen molar-refractivity contribution < 1.29 is 9.53 Å². The maximum Gasteiger partial charge on any atom is 0.224 e. The van der Waals surface area contributed by atoms with Gasteiger partial charge in [0.1, 0.15) is 10.9 Å². The summed E-state index contributed by atoms with van der Waals surface area (Å²) in [7, 11) is 0. The number of anilines is 1. The number of benzene rings is 1. The average Bonchev–Trinajstić information content (AvgIpc) is 2.48. The Balaban J connectivity index is 1.70. The van der Waals surface area contributed by atoms with Crippen LogP contribution in [-0.2, 0) is 4.79 Å². The van der Waals surface area contributed by atoms with Gasteiger partial charge in [0.2, 0.25) is 5.91 Å². The molecular weight excluding hydrogens is 311 g/mol. The minimum absolute atomic E-state index is 0.0955. The SMILES string of the molecule is O=C(CCCOc1ccccc1Cl)Nc1ccc(Cl)nc1. The minimum atomic E-state index is -0.0955. The standard InChI is InChI=1S/C15H14Cl2N2O2/c16-12-4-1-2-5-13(12)21-9-3-6-15(20)19-11-7-8-14(17)18-10-11/h1-2,4-5,7-8,10H,3,6,9H2,(H,19,20). The highest BCUT2D eigenvalue weighted by Gasteiger charge is 2.04. The highest BCUT2D eigenvalue weighted by atomic mass is 35.5. The van der Waals surface area contributed by atoms with Gasteiger partial charge in [-0.2, -0.15) is 0 Å². The molecule has 21 heavy (non-hydrogen) atoms. The fourth-order valence-electron chi connectivity index (χ4n) is 1.65. The van der Waals surface area contributed by atoms with E-state index in [1.54, 1.807) is 24.3 Å². The molecule has 1 heterocycles. The Morgan fingerprint density at radius 1 is 1.19 bits per heavy atom. The van der Waals surface area contributed by atoms with Crippen LogP contribution in [0, 0.1) is 0 Å². The maximum atomic E-state index is 11.7. The smallest absolute Gasteiger partial charge is 0.224 e. The zero-order valence-electron chi connectivity index (χ0n) is 11.2. The monoisotopic (exact) mass is 324 g/mol. The second-order valence-electron chi connectivity index (χ2n) is 4.30. The van der Waals surface area contributed by atoms with E-state index >= 15 is 0 Å². The lowest BCUT2D eigenvalue weighted by Crippen LogP contribution is -2.13. The zero-order chi connectivity index (χ0) is 15.1. The highest BCUT2D eigenvalue weighted by Crippen LogP contribution is 2.23. The largest absolute Gasteiger partial charge is 0.492 e. The third-order valence-corrected chi connectivity index (χ3v) is 3.19. The lowest BCUT2D eigenvalue weighted by atomic mass is 10.3. The van der Waals surface area contributed by atoms with Gasteiger partial charge in [-0.25, -0.2) is 4.98 Å². The van der Waals surface area contributed by atoms with Crippen LogP contribution in [-0.4, -0.2) is 17.5 Å². The third kappa shape index (κ3) is 5.25. The average molecular weight is 325 g/mol. The van der Waals surface area contributed by atoms with Gasteiger partial charge in [-0.3, -0.25) is 4.79 Å².